The fraction of sp³-hybridized carbons (Fsp3) is 0.667. The van der Waals surface area contributed by atoms with E-state index in [4.69, 9.17) is 11.5 Å². The van der Waals surface area contributed by atoms with Gasteiger partial charge in [0.15, 0.2) is 0 Å². The quantitative estimate of drug-likeness (QED) is 0.126. The molecule has 0 saturated heterocycles. The zero-order valence-corrected chi connectivity index (χ0v) is 18.4. The molecule has 0 heterocycles. The van der Waals surface area contributed by atoms with Crippen molar-refractivity contribution >= 4 is 66.6 Å². The number of carbonyl (C=O) groups excluding carboxylic acids is 4. The highest BCUT2D eigenvalue weighted by molar-refractivity contribution is 7.98. The topological polar surface area (TPSA) is 194 Å². The molecule has 0 fully saturated rings. The zero-order valence-electron chi connectivity index (χ0n) is 15.8. The first kappa shape index (κ1) is 27.4. The molecule has 0 aromatic rings. The Hall–Kier alpha value is -1.64. The molecule has 0 bridgehead atoms. The second-order valence-electron chi connectivity index (χ2n) is 5.95. The molecule has 0 aromatic carbocycles. The number of rotatable bonds is 14. The van der Waals surface area contributed by atoms with Crippen molar-refractivity contribution < 1.29 is 29.1 Å². The van der Waals surface area contributed by atoms with Gasteiger partial charge in [-0.1, -0.05) is 0 Å². The average Bonchev–Trinajstić information content (AvgIpc) is 2.66. The fourth-order valence-corrected chi connectivity index (χ4v) is 2.90. The molecule has 0 aromatic heterocycles. The smallest absolute Gasteiger partial charge is 0.326 e. The number of nitrogens with one attached hydrogen (secondary N) is 3. The number of hydrogen-bond donors (Lipinski definition) is 8. The lowest BCUT2D eigenvalue weighted by Crippen LogP contribution is -2.58. The van der Waals surface area contributed by atoms with Gasteiger partial charge in [-0.15, -0.1) is 0 Å². The summed E-state index contributed by atoms with van der Waals surface area (Å²) in [4.78, 5) is 59.2. The molecule has 0 saturated carbocycles. The second-order valence-corrected chi connectivity index (χ2v) is 7.66. The van der Waals surface area contributed by atoms with E-state index in [9.17, 15) is 29.1 Å². The third-order valence-corrected chi connectivity index (χ3v) is 5.02. The van der Waals surface area contributed by atoms with Crippen LogP contribution in [0.1, 0.15) is 12.8 Å². The predicted molar refractivity (Wildman–Crippen MR) is 116 cm³/mol. The van der Waals surface area contributed by atoms with Gasteiger partial charge in [0.05, 0.1) is 12.5 Å². The molecule has 0 aliphatic rings. The Kier molecular flexibility index (Phi) is 13.5. The van der Waals surface area contributed by atoms with Crippen LogP contribution in [0.25, 0.3) is 0 Å². The van der Waals surface area contributed by atoms with E-state index in [1.54, 1.807) is 6.26 Å². The summed E-state index contributed by atoms with van der Waals surface area (Å²) < 4.78 is 0. The highest BCUT2D eigenvalue weighted by Gasteiger charge is 2.30. The largest absolute Gasteiger partial charge is 0.480 e. The molecule has 4 amide bonds. The summed E-state index contributed by atoms with van der Waals surface area (Å²) in [6.07, 6.45) is 1.46. The van der Waals surface area contributed by atoms with Crippen molar-refractivity contribution in [1.29, 1.82) is 0 Å². The fourth-order valence-electron chi connectivity index (χ4n) is 2.00. The van der Waals surface area contributed by atoms with E-state index in [-0.39, 0.29) is 17.9 Å². The standard InChI is InChI=1S/C15H27N5O6S3/c1-29-3-2-8(15(25)26)18-14(24)10(6-28)20-13(23)9(4-11(17)21)19-12(22)7(16)5-27/h7-10,27-28H,2-6,16H2,1H3,(H2,17,21)(H,18,24)(H,19,22)(H,20,23)(H,25,26). The summed E-state index contributed by atoms with van der Waals surface area (Å²) in [6.45, 7) is 0. The number of primary amides is 1. The number of hydrogen-bond acceptors (Lipinski definition) is 9. The molecule has 4 unspecified atom stereocenters. The lowest BCUT2D eigenvalue weighted by molar-refractivity contribution is -0.142. The van der Waals surface area contributed by atoms with Crippen molar-refractivity contribution in [3.05, 3.63) is 0 Å². The van der Waals surface area contributed by atoms with Crippen LogP contribution >= 0.6 is 37.0 Å². The molecule has 0 aliphatic carbocycles. The van der Waals surface area contributed by atoms with Gasteiger partial charge in [-0.25, -0.2) is 4.79 Å². The van der Waals surface area contributed by atoms with Crippen LogP contribution in [0.2, 0.25) is 0 Å². The molecule has 8 N–H and O–H groups in total. The minimum Gasteiger partial charge on any atom is -0.480 e. The zero-order chi connectivity index (χ0) is 22.6. The van der Waals surface area contributed by atoms with Crippen molar-refractivity contribution in [2.24, 2.45) is 11.5 Å². The van der Waals surface area contributed by atoms with Crippen molar-refractivity contribution in [2.75, 3.05) is 23.5 Å². The van der Waals surface area contributed by atoms with Gasteiger partial charge < -0.3 is 32.5 Å². The van der Waals surface area contributed by atoms with Gasteiger partial charge >= 0.3 is 5.97 Å². The summed E-state index contributed by atoms with van der Waals surface area (Å²) in [5.74, 6) is -4.07. The summed E-state index contributed by atoms with van der Waals surface area (Å²) in [6, 6.07) is -4.72. The number of carbonyl (C=O) groups is 5. The summed E-state index contributed by atoms with van der Waals surface area (Å²) in [5, 5.41) is 16.1. The molecule has 14 heteroatoms. The first-order chi connectivity index (χ1) is 13.6. The van der Waals surface area contributed by atoms with Crippen molar-refractivity contribution in [2.45, 2.75) is 37.0 Å². The van der Waals surface area contributed by atoms with Gasteiger partial charge in [0.2, 0.25) is 23.6 Å². The molecule has 166 valence electrons. The number of carboxylic acids is 1. The lowest BCUT2D eigenvalue weighted by atomic mass is 10.1. The average molecular weight is 470 g/mol. The van der Waals surface area contributed by atoms with E-state index in [1.807, 2.05) is 0 Å². The third-order valence-electron chi connectivity index (χ3n) is 3.61. The lowest BCUT2D eigenvalue weighted by Gasteiger charge is -2.23. The molecule has 0 rings (SSSR count). The molecule has 4 atom stereocenters. The van der Waals surface area contributed by atoms with E-state index in [0.717, 1.165) is 0 Å². The minimum atomic E-state index is -1.37. The predicted octanol–water partition coefficient (Wildman–Crippen LogP) is -2.66. The van der Waals surface area contributed by atoms with Crippen LogP contribution in [0.3, 0.4) is 0 Å². The van der Waals surface area contributed by atoms with E-state index < -0.39 is 60.2 Å². The van der Waals surface area contributed by atoms with Crippen molar-refractivity contribution in [1.82, 2.24) is 16.0 Å². The summed E-state index contributed by atoms with van der Waals surface area (Å²) in [5.41, 5.74) is 10.6. The van der Waals surface area contributed by atoms with Gasteiger partial charge in [-0.05, 0) is 18.4 Å². The second kappa shape index (κ2) is 14.4. The van der Waals surface area contributed by atoms with Crippen LogP contribution in [0.5, 0.6) is 0 Å². The maximum atomic E-state index is 12.5. The molecular weight excluding hydrogens is 442 g/mol. The number of thioether (sulfide) groups is 1. The normalized spacial score (nSPS) is 14.8. The van der Waals surface area contributed by atoms with Crippen LogP contribution in [0.15, 0.2) is 0 Å². The van der Waals surface area contributed by atoms with Gasteiger partial charge in [-0.2, -0.15) is 37.0 Å². The van der Waals surface area contributed by atoms with Crippen molar-refractivity contribution in [3.8, 4) is 0 Å². The van der Waals surface area contributed by atoms with Crippen LogP contribution in [0, 0.1) is 0 Å². The van der Waals surface area contributed by atoms with Crippen LogP contribution < -0.4 is 27.4 Å². The molecule has 11 nitrogen and oxygen atoms in total. The number of amides is 4. The molecule has 29 heavy (non-hydrogen) atoms. The molecule has 0 radical (unpaired) electrons. The highest BCUT2D eigenvalue weighted by Crippen LogP contribution is 2.03. The maximum absolute atomic E-state index is 12.5. The Morgan fingerprint density at radius 1 is 0.931 bits per heavy atom. The summed E-state index contributed by atoms with van der Waals surface area (Å²) >= 11 is 9.29. The van der Waals surface area contributed by atoms with Crippen LogP contribution in [-0.2, 0) is 24.0 Å². The van der Waals surface area contributed by atoms with E-state index in [1.165, 1.54) is 11.8 Å². The third kappa shape index (κ3) is 10.6. The Morgan fingerprint density at radius 3 is 1.90 bits per heavy atom. The highest BCUT2D eigenvalue weighted by atomic mass is 32.2. The number of carboxylic acid groups (broad SMARTS) is 1. The molecular formula is C15H27N5O6S3. The van der Waals surface area contributed by atoms with E-state index >= 15 is 0 Å². The number of aliphatic carboxylic acids is 1. The maximum Gasteiger partial charge on any atom is 0.326 e. The van der Waals surface area contributed by atoms with E-state index in [2.05, 4.69) is 41.2 Å². The van der Waals surface area contributed by atoms with Crippen LogP contribution in [0.4, 0.5) is 0 Å². The van der Waals surface area contributed by atoms with Crippen molar-refractivity contribution in [3.63, 3.8) is 0 Å². The Labute approximate surface area is 183 Å². The van der Waals surface area contributed by atoms with Gasteiger partial charge in [0, 0.05) is 11.5 Å². The SMILES string of the molecule is CSCCC(NC(=O)C(CS)NC(=O)C(CC(N)=O)NC(=O)C(N)CS)C(=O)O. The molecule has 0 spiro atoms. The van der Waals surface area contributed by atoms with Gasteiger partial charge in [0.25, 0.3) is 0 Å². The van der Waals surface area contributed by atoms with Gasteiger partial charge in [-0.3, -0.25) is 19.2 Å². The van der Waals surface area contributed by atoms with Crippen LogP contribution in [-0.4, -0.2) is 82.4 Å². The number of thiol groups is 2. The monoisotopic (exact) mass is 469 g/mol. The Morgan fingerprint density at radius 2 is 1.45 bits per heavy atom. The van der Waals surface area contributed by atoms with Gasteiger partial charge in [0.1, 0.15) is 18.1 Å². The summed E-state index contributed by atoms with van der Waals surface area (Å²) in [7, 11) is 0. The first-order valence-electron chi connectivity index (χ1n) is 8.45. The minimum absolute atomic E-state index is 0.00500. The van der Waals surface area contributed by atoms with E-state index in [0.29, 0.717) is 5.75 Å². The Balaban J connectivity index is 5.16. The number of nitrogens with two attached hydrogens (primary N) is 2. The first-order valence-corrected chi connectivity index (χ1v) is 11.1. The molecule has 0 aliphatic heterocycles. The Bertz CT molecular complexity index is 609.